The normalized spacial score (nSPS) is 9.41. The molecule has 0 N–H and O–H groups in total. The van der Waals surface area contributed by atoms with Crippen LogP contribution in [-0.4, -0.2) is 26.0 Å². The Morgan fingerprint density at radius 2 is 1.94 bits per heavy atom. The summed E-state index contributed by atoms with van der Waals surface area (Å²) in [7, 11) is 0. The molecule has 0 spiro atoms. The van der Waals surface area contributed by atoms with E-state index in [1.807, 2.05) is 30.3 Å². The van der Waals surface area contributed by atoms with E-state index in [0.717, 1.165) is 12.9 Å². The molecule has 91 valence electrons. The molecule has 0 amide bonds. The van der Waals surface area contributed by atoms with Crippen molar-refractivity contribution in [2.75, 3.05) is 13.4 Å². The Morgan fingerprint density at radius 3 is 2.65 bits per heavy atom. The van der Waals surface area contributed by atoms with Gasteiger partial charge in [0.2, 0.25) is 6.79 Å². The van der Waals surface area contributed by atoms with E-state index < -0.39 is 12.9 Å². The zero-order valence-electron chi connectivity index (χ0n) is 9.26. The Bertz CT molecular complexity index is 336. The van der Waals surface area contributed by atoms with Crippen molar-refractivity contribution in [1.29, 1.82) is 0 Å². The van der Waals surface area contributed by atoms with Gasteiger partial charge in [-0.2, -0.15) is 0 Å². The Kier molecular flexibility index (Phi) is 6.25. The van der Waals surface area contributed by atoms with Crippen molar-refractivity contribution in [3.05, 3.63) is 35.9 Å². The van der Waals surface area contributed by atoms with Crippen molar-refractivity contribution in [3.63, 3.8) is 0 Å². The number of carbonyl (C=O) groups is 1. The summed E-state index contributed by atoms with van der Waals surface area (Å²) < 4.78 is 13.2. The van der Waals surface area contributed by atoms with Crippen LogP contribution in [0.2, 0.25) is 0 Å². The lowest BCUT2D eigenvalue weighted by molar-refractivity contribution is -0.00122. The highest BCUT2D eigenvalue weighted by molar-refractivity contribution is 5.59. The van der Waals surface area contributed by atoms with Gasteiger partial charge < -0.3 is 14.2 Å². The Morgan fingerprint density at radius 1 is 1.18 bits per heavy atom. The molecule has 0 fully saturated rings. The number of hydrogen-bond donors (Lipinski definition) is 0. The van der Waals surface area contributed by atoms with Gasteiger partial charge in [0.05, 0.1) is 6.61 Å². The molecule has 0 saturated heterocycles. The molecule has 0 heterocycles. The van der Waals surface area contributed by atoms with Crippen LogP contribution in [0.3, 0.4) is 0 Å². The largest absolute Gasteiger partial charge is 0.511 e. The van der Waals surface area contributed by atoms with Gasteiger partial charge in [0.25, 0.3) is 0 Å². The maximum atomic E-state index is 10.9. The summed E-state index contributed by atoms with van der Waals surface area (Å²) in [6, 6.07) is 9.87. The van der Waals surface area contributed by atoms with E-state index in [1.165, 1.54) is 5.56 Å². The molecule has 5 heteroatoms. The van der Waals surface area contributed by atoms with Crippen LogP contribution < -0.4 is 0 Å². The van der Waals surface area contributed by atoms with Crippen LogP contribution in [0.1, 0.15) is 12.0 Å². The number of ether oxygens (including phenoxy) is 3. The van der Waals surface area contributed by atoms with E-state index in [0.29, 0.717) is 6.42 Å². The quantitative estimate of drug-likeness (QED) is 0.411. The molecule has 0 aromatic heterocycles. The number of carbonyl (C=O) groups excluding carboxylic acids is 2. The molecule has 0 aliphatic carbocycles. The molecule has 1 aromatic carbocycles. The lowest BCUT2D eigenvalue weighted by atomic mass is 10.1. The van der Waals surface area contributed by atoms with Gasteiger partial charge in [0.1, 0.15) is 0 Å². The third kappa shape index (κ3) is 6.19. The second kappa shape index (κ2) is 8.15. The highest BCUT2D eigenvalue weighted by atomic mass is 16.8. The molecule has 1 rings (SSSR count). The van der Waals surface area contributed by atoms with E-state index in [2.05, 4.69) is 9.47 Å². The summed E-state index contributed by atoms with van der Waals surface area (Å²) in [5.74, 6) is 0. The van der Waals surface area contributed by atoms with Crippen molar-refractivity contribution >= 4 is 12.6 Å². The van der Waals surface area contributed by atoms with Gasteiger partial charge in [-0.3, -0.25) is 0 Å². The van der Waals surface area contributed by atoms with Crippen LogP contribution in [0.5, 0.6) is 0 Å². The minimum atomic E-state index is -0.853. The smallest absolute Gasteiger partial charge is 0.434 e. The van der Waals surface area contributed by atoms with Crippen molar-refractivity contribution in [3.8, 4) is 0 Å². The van der Waals surface area contributed by atoms with Crippen molar-refractivity contribution < 1.29 is 23.8 Å². The number of rotatable bonds is 7. The molecular weight excluding hydrogens is 224 g/mol. The first-order valence-electron chi connectivity index (χ1n) is 5.15. The number of benzene rings is 1. The second-order valence-electron chi connectivity index (χ2n) is 3.18. The molecule has 0 aliphatic rings. The minimum Gasteiger partial charge on any atom is -0.434 e. The van der Waals surface area contributed by atoms with Crippen LogP contribution >= 0.6 is 0 Å². The minimum absolute atomic E-state index is 0.262. The highest BCUT2D eigenvalue weighted by Gasteiger charge is 2.03. The molecular formula is C12H13O5. The predicted octanol–water partition coefficient (Wildman–Crippen LogP) is 1.81. The van der Waals surface area contributed by atoms with Crippen LogP contribution in [0.4, 0.5) is 4.79 Å². The van der Waals surface area contributed by atoms with E-state index in [1.54, 1.807) is 0 Å². The van der Waals surface area contributed by atoms with Gasteiger partial charge in [-0.1, -0.05) is 30.3 Å². The van der Waals surface area contributed by atoms with Gasteiger partial charge in [0.15, 0.2) is 0 Å². The summed E-state index contributed by atoms with van der Waals surface area (Å²) >= 11 is 0. The molecule has 17 heavy (non-hydrogen) atoms. The van der Waals surface area contributed by atoms with Gasteiger partial charge >= 0.3 is 12.6 Å². The van der Waals surface area contributed by atoms with Crippen LogP contribution in [-0.2, 0) is 25.4 Å². The van der Waals surface area contributed by atoms with E-state index in [9.17, 15) is 9.59 Å². The highest BCUT2D eigenvalue weighted by Crippen LogP contribution is 2.02. The Hall–Kier alpha value is -2.04. The Balaban J connectivity index is 2.04. The maximum absolute atomic E-state index is 10.9. The van der Waals surface area contributed by atoms with Gasteiger partial charge in [0, 0.05) is 0 Å². The summed E-state index contributed by atoms with van der Waals surface area (Å²) in [6.07, 6.45) is 0.681. The average molecular weight is 237 g/mol. The standard InChI is InChI=1S/C12H13O5/c13-9-15-10-17-12(14)16-8-4-7-11-5-2-1-3-6-11/h1-3,5-6H,4,7-8,10H2. The van der Waals surface area contributed by atoms with Crippen LogP contribution in [0, 0.1) is 0 Å². The van der Waals surface area contributed by atoms with Crippen LogP contribution in [0.15, 0.2) is 30.3 Å². The molecule has 1 radical (unpaired) electrons. The fourth-order valence-corrected chi connectivity index (χ4v) is 1.22. The average Bonchev–Trinajstić information content (AvgIpc) is 2.36. The van der Waals surface area contributed by atoms with Gasteiger partial charge in [-0.05, 0) is 18.4 Å². The summed E-state index contributed by atoms with van der Waals surface area (Å²) in [6.45, 7) is 0.920. The third-order valence-corrected chi connectivity index (χ3v) is 1.97. The molecule has 0 saturated carbocycles. The number of hydrogen-bond acceptors (Lipinski definition) is 5. The van der Waals surface area contributed by atoms with E-state index >= 15 is 0 Å². The van der Waals surface area contributed by atoms with Crippen LogP contribution in [0.25, 0.3) is 0 Å². The molecule has 5 nitrogen and oxygen atoms in total. The number of aryl methyl sites for hydroxylation is 1. The van der Waals surface area contributed by atoms with E-state index in [-0.39, 0.29) is 6.61 Å². The Labute approximate surface area is 99.3 Å². The first kappa shape index (κ1) is 13.0. The van der Waals surface area contributed by atoms with Crippen molar-refractivity contribution in [2.24, 2.45) is 0 Å². The lowest BCUT2D eigenvalue weighted by Crippen LogP contribution is -2.11. The second-order valence-corrected chi connectivity index (χ2v) is 3.18. The van der Waals surface area contributed by atoms with Gasteiger partial charge in [-0.25, -0.2) is 9.59 Å². The van der Waals surface area contributed by atoms with Gasteiger partial charge in [-0.15, -0.1) is 0 Å². The third-order valence-electron chi connectivity index (χ3n) is 1.97. The summed E-state index contributed by atoms with van der Waals surface area (Å²) in [5.41, 5.74) is 1.18. The fourth-order valence-electron chi connectivity index (χ4n) is 1.22. The zero-order valence-corrected chi connectivity index (χ0v) is 9.26. The van der Waals surface area contributed by atoms with E-state index in [4.69, 9.17) is 4.74 Å². The molecule has 0 atom stereocenters. The zero-order chi connectivity index (χ0) is 12.3. The monoisotopic (exact) mass is 237 g/mol. The maximum Gasteiger partial charge on any atom is 0.511 e. The molecule has 0 aliphatic heterocycles. The SMILES string of the molecule is O=[C]OCOC(=O)OCCCc1ccccc1. The van der Waals surface area contributed by atoms with Crippen molar-refractivity contribution in [2.45, 2.75) is 12.8 Å². The predicted molar refractivity (Wildman–Crippen MR) is 58.8 cm³/mol. The first-order chi connectivity index (χ1) is 8.33. The molecule has 0 bridgehead atoms. The van der Waals surface area contributed by atoms with Crippen molar-refractivity contribution in [1.82, 2.24) is 0 Å². The first-order valence-corrected chi connectivity index (χ1v) is 5.15. The summed E-state index contributed by atoms with van der Waals surface area (Å²) in [5, 5.41) is 0. The summed E-state index contributed by atoms with van der Waals surface area (Å²) in [4.78, 5) is 20.5. The molecule has 0 unspecified atom stereocenters. The topological polar surface area (TPSA) is 61.8 Å². The lowest BCUT2D eigenvalue weighted by Gasteiger charge is -2.04. The molecule has 1 aromatic rings. The fraction of sp³-hybridized carbons (Fsp3) is 0.333.